The Labute approximate surface area is 167 Å². The smallest absolute Gasteiger partial charge is 0.264 e. The van der Waals surface area contributed by atoms with Crippen molar-refractivity contribution in [1.29, 1.82) is 0 Å². The Morgan fingerprint density at radius 2 is 1.72 bits per heavy atom. The van der Waals surface area contributed by atoms with Gasteiger partial charge in [-0.15, -0.1) is 0 Å². The van der Waals surface area contributed by atoms with Crippen LogP contribution in [0.5, 0.6) is 0 Å². The predicted octanol–water partition coefficient (Wildman–Crippen LogP) is 4.40. The molecule has 29 heavy (non-hydrogen) atoms. The van der Waals surface area contributed by atoms with Crippen LogP contribution in [0.1, 0.15) is 16.7 Å². The first-order valence-corrected chi connectivity index (χ1v) is 9.59. The van der Waals surface area contributed by atoms with Crippen molar-refractivity contribution in [3.05, 3.63) is 100 Å². The van der Waals surface area contributed by atoms with Crippen LogP contribution in [0.2, 0.25) is 0 Å². The van der Waals surface area contributed by atoms with Crippen molar-refractivity contribution in [3.63, 3.8) is 0 Å². The van der Waals surface area contributed by atoms with E-state index < -0.39 is 0 Å². The highest BCUT2D eigenvalue weighted by molar-refractivity contribution is 5.85. The van der Waals surface area contributed by atoms with Crippen molar-refractivity contribution in [1.82, 2.24) is 19.3 Å². The topological polar surface area (TPSA) is 52.7 Å². The molecule has 2 aromatic heterocycles. The van der Waals surface area contributed by atoms with E-state index in [9.17, 15) is 4.79 Å². The number of aryl methyl sites for hydroxylation is 2. The summed E-state index contributed by atoms with van der Waals surface area (Å²) in [6.45, 7) is 4.61. The van der Waals surface area contributed by atoms with E-state index in [2.05, 4.69) is 60.3 Å². The van der Waals surface area contributed by atoms with Gasteiger partial charge < -0.3 is 0 Å². The Kier molecular flexibility index (Phi) is 4.02. The molecule has 5 rings (SSSR count). The first kappa shape index (κ1) is 17.4. The summed E-state index contributed by atoms with van der Waals surface area (Å²) in [5, 5.41) is 7.26. The number of aromatic nitrogens is 4. The lowest BCUT2D eigenvalue weighted by atomic mass is 10.0. The minimum Gasteiger partial charge on any atom is -0.294 e. The van der Waals surface area contributed by atoms with Gasteiger partial charge in [-0.2, -0.15) is 5.10 Å². The average molecular weight is 380 g/mol. The largest absolute Gasteiger partial charge is 0.294 e. The van der Waals surface area contributed by atoms with E-state index >= 15 is 0 Å². The molecule has 0 fully saturated rings. The quantitative estimate of drug-likeness (QED) is 0.466. The Hall–Kier alpha value is -3.73. The molecule has 0 aliphatic carbocycles. The standard InChI is InChI=1S/C24H20N4O/c1-16-10-11-20(12-17(16)2)28-23-22(13-26-28)24(29)27(15-25-23)14-19-8-5-7-18-6-3-4-9-21(18)19/h3-13,15H,14H2,1-2H3. The van der Waals surface area contributed by atoms with E-state index in [1.165, 1.54) is 11.1 Å². The number of rotatable bonds is 3. The summed E-state index contributed by atoms with van der Waals surface area (Å²) in [5.41, 5.74) is 4.88. The van der Waals surface area contributed by atoms with Gasteiger partial charge >= 0.3 is 0 Å². The van der Waals surface area contributed by atoms with Gasteiger partial charge in [0.1, 0.15) is 11.7 Å². The van der Waals surface area contributed by atoms with Gasteiger partial charge in [-0.05, 0) is 53.4 Å². The van der Waals surface area contributed by atoms with E-state index in [1.807, 2.05) is 24.3 Å². The van der Waals surface area contributed by atoms with Crippen LogP contribution in [0, 0.1) is 13.8 Å². The highest BCUT2D eigenvalue weighted by atomic mass is 16.1. The van der Waals surface area contributed by atoms with Gasteiger partial charge in [0.05, 0.1) is 18.4 Å². The molecule has 0 spiro atoms. The fourth-order valence-electron chi connectivity index (χ4n) is 3.72. The second kappa shape index (κ2) is 6.71. The van der Waals surface area contributed by atoms with E-state index in [0.29, 0.717) is 17.6 Å². The normalized spacial score (nSPS) is 11.4. The van der Waals surface area contributed by atoms with Gasteiger partial charge in [0.25, 0.3) is 5.56 Å². The van der Waals surface area contributed by atoms with Crippen LogP contribution < -0.4 is 5.56 Å². The van der Waals surface area contributed by atoms with Crippen LogP contribution in [-0.2, 0) is 6.54 Å². The van der Waals surface area contributed by atoms with Crippen LogP contribution in [0.3, 0.4) is 0 Å². The van der Waals surface area contributed by atoms with Crippen molar-refractivity contribution in [2.75, 3.05) is 0 Å². The second-order valence-electron chi connectivity index (χ2n) is 7.38. The van der Waals surface area contributed by atoms with Gasteiger partial charge in [-0.25, -0.2) is 9.67 Å². The van der Waals surface area contributed by atoms with Crippen molar-refractivity contribution < 1.29 is 0 Å². The summed E-state index contributed by atoms with van der Waals surface area (Å²) in [6, 6.07) is 20.5. The van der Waals surface area contributed by atoms with Crippen molar-refractivity contribution in [2.24, 2.45) is 0 Å². The summed E-state index contributed by atoms with van der Waals surface area (Å²) >= 11 is 0. The second-order valence-corrected chi connectivity index (χ2v) is 7.38. The van der Waals surface area contributed by atoms with Crippen LogP contribution in [0.15, 0.2) is 78.0 Å². The molecule has 0 aliphatic heterocycles. The molecule has 0 atom stereocenters. The van der Waals surface area contributed by atoms with Crippen LogP contribution >= 0.6 is 0 Å². The van der Waals surface area contributed by atoms with Gasteiger partial charge in [-0.1, -0.05) is 48.5 Å². The predicted molar refractivity (Wildman–Crippen MR) is 116 cm³/mol. The maximum Gasteiger partial charge on any atom is 0.264 e. The molecule has 0 saturated carbocycles. The monoisotopic (exact) mass is 380 g/mol. The zero-order valence-corrected chi connectivity index (χ0v) is 16.3. The maximum atomic E-state index is 13.1. The number of benzene rings is 3. The van der Waals surface area contributed by atoms with Crippen LogP contribution in [-0.4, -0.2) is 19.3 Å². The number of nitrogens with zero attached hydrogens (tertiary/aromatic N) is 4. The van der Waals surface area contributed by atoms with E-state index in [0.717, 1.165) is 22.0 Å². The fourth-order valence-corrected chi connectivity index (χ4v) is 3.72. The molecule has 0 aliphatic rings. The van der Waals surface area contributed by atoms with Crippen molar-refractivity contribution >= 4 is 21.8 Å². The molecule has 0 bridgehead atoms. The Morgan fingerprint density at radius 1 is 0.897 bits per heavy atom. The minimum absolute atomic E-state index is 0.0852. The molecular formula is C24H20N4O. The van der Waals surface area contributed by atoms with E-state index in [-0.39, 0.29) is 5.56 Å². The molecule has 0 N–H and O–H groups in total. The van der Waals surface area contributed by atoms with Crippen LogP contribution in [0.4, 0.5) is 0 Å². The summed E-state index contributed by atoms with van der Waals surface area (Å²) in [4.78, 5) is 17.7. The Balaban J connectivity index is 1.59. The SMILES string of the molecule is Cc1ccc(-n2ncc3c(=O)n(Cc4cccc5ccccc45)cnc32)cc1C. The molecule has 0 saturated heterocycles. The molecule has 5 heteroatoms. The molecule has 142 valence electrons. The van der Waals surface area contributed by atoms with Crippen molar-refractivity contribution in [2.45, 2.75) is 20.4 Å². The van der Waals surface area contributed by atoms with Crippen molar-refractivity contribution in [3.8, 4) is 5.69 Å². The zero-order valence-electron chi connectivity index (χ0n) is 16.3. The highest BCUT2D eigenvalue weighted by Crippen LogP contribution is 2.20. The summed E-state index contributed by atoms with van der Waals surface area (Å²) in [7, 11) is 0. The molecule has 2 heterocycles. The minimum atomic E-state index is -0.0852. The molecule has 0 radical (unpaired) electrons. The zero-order chi connectivity index (χ0) is 20.0. The summed E-state index contributed by atoms with van der Waals surface area (Å²) in [5.74, 6) is 0. The first-order valence-electron chi connectivity index (χ1n) is 9.59. The summed E-state index contributed by atoms with van der Waals surface area (Å²) in [6.07, 6.45) is 3.23. The number of fused-ring (bicyclic) bond motifs is 2. The maximum absolute atomic E-state index is 13.1. The first-order chi connectivity index (χ1) is 14.1. The summed E-state index contributed by atoms with van der Waals surface area (Å²) < 4.78 is 3.38. The molecular weight excluding hydrogens is 360 g/mol. The third kappa shape index (κ3) is 2.91. The van der Waals surface area contributed by atoms with Gasteiger partial charge in [0.2, 0.25) is 0 Å². The van der Waals surface area contributed by atoms with E-state index in [4.69, 9.17) is 0 Å². The number of hydrogen-bond donors (Lipinski definition) is 0. The third-order valence-electron chi connectivity index (χ3n) is 5.51. The average Bonchev–Trinajstić information content (AvgIpc) is 3.17. The Morgan fingerprint density at radius 3 is 2.59 bits per heavy atom. The lowest BCUT2D eigenvalue weighted by molar-refractivity contribution is 0.749. The molecule has 3 aromatic carbocycles. The lowest BCUT2D eigenvalue weighted by Gasteiger charge is -2.10. The Bertz CT molecular complexity index is 1420. The third-order valence-corrected chi connectivity index (χ3v) is 5.51. The lowest BCUT2D eigenvalue weighted by Crippen LogP contribution is -2.21. The molecule has 5 nitrogen and oxygen atoms in total. The molecule has 0 amide bonds. The molecule has 5 aromatic rings. The fraction of sp³-hybridized carbons (Fsp3) is 0.125. The number of hydrogen-bond acceptors (Lipinski definition) is 3. The highest BCUT2D eigenvalue weighted by Gasteiger charge is 2.13. The van der Waals surface area contributed by atoms with Gasteiger partial charge in [-0.3, -0.25) is 9.36 Å². The van der Waals surface area contributed by atoms with Crippen LogP contribution in [0.25, 0.3) is 27.5 Å². The van der Waals surface area contributed by atoms with Gasteiger partial charge in [0.15, 0.2) is 5.65 Å². The molecule has 0 unspecified atom stereocenters. The van der Waals surface area contributed by atoms with Gasteiger partial charge in [0, 0.05) is 0 Å². The van der Waals surface area contributed by atoms with E-state index in [1.54, 1.807) is 21.8 Å².